The average Bonchev–Trinajstić information content (AvgIpc) is 2.69. The average molecular weight is 290 g/mol. The van der Waals surface area contributed by atoms with Gasteiger partial charge in [0.05, 0.1) is 0 Å². The van der Waals surface area contributed by atoms with Crippen LogP contribution in [0.25, 0.3) is 0 Å². The number of nitrogens with zero attached hydrogens (tertiary/aromatic N) is 4. The van der Waals surface area contributed by atoms with Crippen molar-refractivity contribution in [2.24, 2.45) is 0 Å². The Bertz CT molecular complexity index is 495. The molecule has 2 aliphatic rings. The van der Waals surface area contributed by atoms with Crippen LogP contribution in [0.2, 0.25) is 0 Å². The number of nitrogen functional groups attached to an aromatic ring is 1. The summed E-state index contributed by atoms with van der Waals surface area (Å²) in [5.74, 6) is 2.39. The van der Waals surface area contributed by atoms with Crippen molar-refractivity contribution in [1.29, 1.82) is 0 Å². The van der Waals surface area contributed by atoms with Gasteiger partial charge in [0, 0.05) is 37.8 Å². The highest BCUT2D eigenvalue weighted by molar-refractivity contribution is 5.62. The second-order valence-electron chi connectivity index (χ2n) is 6.16. The number of rotatable bonds is 2. The molecule has 3 rings (SSSR count). The van der Waals surface area contributed by atoms with Crippen LogP contribution in [0.1, 0.15) is 31.7 Å². The third-order valence-corrected chi connectivity index (χ3v) is 4.62. The van der Waals surface area contributed by atoms with E-state index >= 15 is 0 Å². The van der Waals surface area contributed by atoms with Crippen molar-refractivity contribution in [1.82, 2.24) is 14.9 Å². The highest BCUT2D eigenvalue weighted by Gasteiger charge is 2.24. The van der Waals surface area contributed by atoms with Gasteiger partial charge in [-0.15, -0.1) is 0 Å². The van der Waals surface area contributed by atoms with Crippen LogP contribution in [0.3, 0.4) is 0 Å². The number of hydrogen-bond donors (Lipinski definition) is 2. The van der Waals surface area contributed by atoms with Gasteiger partial charge in [0.15, 0.2) is 0 Å². The van der Waals surface area contributed by atoms with E-state index in [2.05, 4.69) is 39.1 Å². The number of piperazine rings is 1. The van der Waals surface area contributed by atoms with Gasteiger partial charge in [-0.2, -0.15) is 9.97 Å². The molecule has 0 saturated carbocycles. The molecule has 6 nitrogen and oxygen atoms in total. The Morgan fingerprint density at radius 1 is 1.24 bits per heavy atom. The summed E-state index contributed by atoms with van der Waals surface area (Å²) in [6.45, 7) is 6.38. The highest BCUT2D eigenvalue weighted by atomic mass is 15.3. The largest absolute Gasteiger partial charge is 0.368 e. The predicted molar refractivity (Wildman–Crippen MR) is 86.8 cm³/mol. The Morgan fingerprint density at radius 3 is 2.71 bits per heavy atom. The van der Waals surface area contributed by atoms with Crippen LogP contribution in [0.15, 0.2) is 0 Å². The van der Waals surface area contributed by atoms with Gasteiger partial charge in [-0.25, -0.2) is 0 Å². The van der Waals surface area contributed by atoms with Crippen LogP contribution in [0, 0.1) is 0 Å². The van der Waals surface area contributed by atoms with Gasteiger partial charge in [-0.05, 0) is 32.7 Å². The predicted octanol–water partition coefficient (Wildman–Crippen LogP) is 1.34. The molecule has 3 heterocycles. The third-order valence-electron chi connectivity index (χ3n) is 4.62. The summed E-state index contributed by atoms with van der Waals surface area (Å²) in [5, 5.41) is 3.57. The van der Waals surface area contributed by atoms with E-state index in [0.29, 0.717) is 12.0 Å². The maximum Gasteiger partial charge on any atom is 0.223 e. The summed E-state index contributed by atoms with van der Waals surface area (Å²) in [6, 6.07) is 0.501. The lowest BCUT2D eigenvalue weighted by Crippen LogP contribution is -2.45. The molecule has 116 valence electrons. The molecule has 3 N–H and O–H groups in total. The third kappa shape index (κ3) is 3.05. The van der Waals surface area contributed by atoms with Gasteiger partial charge < -0.3 is 20.9 Å². The number of nitrogens with one attached hydrogen (secondary N) is 1. The van der Waals surface area contributed by atoms with Crippen molar-refractivity contribution in [3.63, 3.8) is 0 Å². The maximum atomic E-state index is 5.96. The Hall–Kier alpha value is -1.56. The molecule has 1 aromatic heterocycles. The minimum Gasteiger partial charge on any atom is -0.368 e. The summed E-state index contributed by atoms with van der Waals surface area (Å²) >= 11 is 0. The SMILES string of the molecule is CCC1CCCc2c(nc(N)nc2N2CCN(C)CC2)N1. The molecule has 1 aromatic rings. The molecule has 0 amide bonds. The minimum absolute atomic E-state index is 0.381. The Morgan fingerprint density at radius 2 is 2.00 bits per heavy atom. The first-order chi connectivity index (χ1) is 10.2. The van der Waals surface area contributed by atoms with Gasteiger partial charge in [0.25, 0.3) is 0 Å². The van der Waals surface area contributed by atoms with E-state index in [0.717, 1.165) is 50.7 Å². The number of nitrogens with two attached hydrogens (primary N) is 1. The van der Waals surface area contributed by atoms with Gasteiger partial charge >= 0.3 is 0 Å². The number of likely N-dealkylation sites (N-methyl/N-ethyl adjacent to an activating group) is 1. The minimum atomic E-state index is 0.381. The summed E-state index contributed by atoms with van der Waals surface area (Å²) < 4.78 is 0. The van der Waals surface area contributed by atoms with Gasteiger partial charge in [0.1, 0.15) is 11.6 Å². The molecule has 6 heteroatoms. The molecule has 1 fully saturated rings. The highest BCUT2D eigenvalue weighted by Crippen LogP contribution is 2.31. The molecule has 0 bridgehead atoms. The molecule has 0 radical (unpaired) electrons. The zero-order valence-electron chi connectivity index (χ0n) is 13.1. The van der Waals surface area contributed by atoms with Crippen LogP contribution in [0.5, 0.6) is 0 Å². The second-order valence-corrected chi connectivity index (χ2v) is 6.16. The molecule has 0 aromatic carbocycles. The lowest BCUT2D eigenvalue weighted by atomic mass is 10.1. The number of aromatic nitrogens is 2. The van der Waals surface area contributed by atoms with E-state index in [1.807, 2.05) is 0 Å². The van der Waals surface area contributed by atoms with Gasteiger partial charge in [-0.1, -0.05) is 6.92 Å². The Labute approximate surface area is 126 Å². The molecular formula is C15H26N6. The van der Waals surface area contributed by atoms with Crippen LogP contribution < -0.4 is 16.0 Å². The van der Waals surface area contributed by atoms with Gasteiger partial charge in [0.2, 0.25) is 5.95 Å². The fourth-order valence-electron chi connectivity index (χ4n) is 3.22. The lowest BCUT2D eigenvalue weighted by Gasteiger charge is -2.34. The maximum absolute atomic E-state index is 5.96. The standard InChI is InChI=1S/C15H26N6/c1-3-11-5-4-6-12-13(17-11)18-15(16)19-14(12)21-9-7-20(2)8-10-21/h11H,3-10H2,1-2H3,(H3,16,17,18,19). The summed E-state index contributed by atoms with van der Waals surface area (Å²) in [5.41, 5.74) is 7.21. The topological polar surface area (TPSA) is 70.3 Å². The first-order valence-corrected chi connectivity index (χ1v) is 8.03. The zero-order chi connectivity index (χ0) is 14.8. The Balaban J connectivity index is 1.92. The monoisotopic (exact) mass is 290 g/mol. The van der Waals surface area contributed by atoms with Crippen molar-refractivity contribution < 1.29 is 0 Å². The summed E-state index contributed by atoms with van der Waals surface area (Å²) in [7, 11) is 2.17. The number of anilines is 3. The lowest BCUT2D eigenvalue weighted by molar-refractivity contribution is 0.312. The van der Waals surface area contributed by atoms with E-state index in [1.165, 1.54) is 18.4 Å². The van der Waals surface area contributed by atoms with E-state index < -0.39 is 0 Å². The second kappa shape index (κ2) is 6.05. The smallest absolute Gasteiger partial charge is 0.223 e. The fraction of sp³-hybridized carbons (Fsp3) is 0.733. The van der Waals surface area contributed by atoms with Crippen molar-refractivity contribution in [3.05, 3.63) is 5.56 Å². The molecule has 1 atom stereocenters. The first-order valence-electron chi connectivity index (χ1n) is 8.03. The normalized spacial score (nSPS) is 23.3. The van der Waals surface area contributed by atoms with Crippen LogP contribution in [-0.2, 0) is 6.42 Å². The first kappa shape index (κ1) is 14.4. The molecule has 1 saturated heterocycles. The molecule has 21 heavy (non-hydrogen) atoms. The molecular weight excluding hydrogens is 264 g/mol. The summed E-state index contributed by atoms with van der Waals surface area (Å²) in [6.07, 6.45) is 4.54. The zero-order valence-corrected chi connectivity index (χ0v) is 13.1. The molecule has 2 aliphatic heterocycles. The van der Waals surface area contributed by atoms with Crippen molar-refractivity contribution in [3.8, 4) is 0 Å². The molecule has 0 spiro atoms. The van der Waals surface area contributed by atoms with E-state index in [9.17, 15) is 0 Å². The fourth-order valence-corrected chi connectivity index (χ4v) is 3.22. The van der Waals surface area contributed by atoms with E-state index in [-0.39, 0.29) is 0 Å². The summed E-state index contributed by atoms with van der Waals surface area (Å²) in [4.78, 5) is 13.7. The van der Waals surface area contributed by atoms with E-state index in [4.69, 9.17) is 5.73 Å². The number of fused-ring (bicyclic) bond motifs is 1. The number of hydrogen-bond acceptors (Lipinski definition) is 6. The van der Waals surface area contributed by atoms with Crippen molar-refractivity contribution in [2.45, 2.75) is 38.6 Å². The molecule has 1 unspecified atom stereocenters. The van der Waals surface area contributed by atoms with Crippen LogP contribution in [-0.4, -0.2) is 54.1 Å². The van der Waals surface area contributed by atoms with Crippen LogP contribution in [0.4, 0.5) is 17.6 Å². The quantitative estimate of drug-likeness (QED) is 0.856. The van der Waals surface area contributed by atoms with E-state index in [1.54, 1.807) is 0 Å². The van der Waals surface area contributed by atoms with Crippen molar-refractivity contribution in [2.75, 3.05) is 49.2 Å². The van der Waals surface area contributed by atoms with Crippen molar-refractivity contribution >= 4 is 17.6 Å². The van der Waals surface area contributed by atoms with Crippen LogP contribution >= 0.6 is 0 Å². The Kier molecular flexibility index (Phi) is 4.14. The molecule has 0 aliphatic carbocycles. The van der Waals surface area contributed by atoms with Gasteiger partial charge in [-0.3, -0.25) is 0 Å².